The highest BCUT2D eigenvalue weighted by molar-refractivity contribution is 5.85. The van der Waals surface area contributed by atoms with E-state index in [1.54, 1.807) is 0 Å². The number of hydrogen-bond donors (Lipinski definition) is 1. The summed E-state index contributed by atoms with van der Waals surface area (Å²) in [5.74, 6) is 0.718. The van der Waals surface area contributed by atoms with Crippen molar-refractivity contribution in [2.24, 2.45) is 22.1 Å². The summed E-state index contributed by atoms with van der Waals surface area (Å²) in [6.07, 6.45) is 3.73. The molecule has 0 spiro atoms. The zero-order valence-electron chi connectivity index (χ0n) is 11.9. The van der Waals surface area contributed by atoms with Crippen molar-refractivity contribution in [2.45, 2.75) is 53.1 Å². The maximum Gasteiger partial charge on any atom is 0.147 e. The van der Waals surface area contributed by atoms with Gasteiger partial charge in [0.2, 0.25) is 0 Å². The first-order valence-corrected chi connectivity index (χ1v) is 6.65. The highest BCUT2D eigenvalue weighted by Crippen LogP contribution is 2.30. The molecule has 4 heteroatoms. The normalized spacial score (nSPS) is 20.1. The molecule has 1 rings (SSSR count). The standard InChI is InChI=1S/C14H25FN2O/c1-5-12(18-9-10-6-7-10)11(15)8-17-13(16)14(2,3)4/h8,10,12H,5-7,9H2,1-4H3,(H2,16,17)/b11-8+. The van der Waals surface area contributed by atoms with Gasteiger partial charge in [-0.25, -0.2) is 9.38 Å². The van der Waals surface area contributed by atoms with E-state index in [-0.39, 0.29) is 11.2 Å². The van der Waals surface area contributed by atoms with E-state index < -0.39 is 6.10 Å². The molecular formula is C14H25FN2O. The van der Waals surface area contributed by atoms with Crippen LogP contribution in [0.1, 0.15) is 47.0 Å². The van der Waals surface area contributed by atoms with Crippen LogP contribution >= 0.6 is 0 Å². The van der Waals surface area contributed by atoms with Gasteiger partial charge in [-0.15, -0.1) is 0 Å². The average Bonchev–Trinajstić information content (AvgIpc) is 3.09. The van der Waals surface area contributed by atoms with E-state index >= 15 is 0 Å². The molecule has 0 bridgehead atoms. The lowest BCUT2D eigenvalue weighted by molar-refractivity contribution is 0.0528. The summed E-state index contributed by atoms with van der Waals surface area (Å²) in [6, 6.07) is 0. The Kier molecular flexibility index (Phi) is 5.32. The molecule has 1 aliphatic carbocycles. The van der Waals surface area contributed by atoms with Crippen LogP contribution < -0.4 is 5.73 Å². The fraction of sp³-hybridized carbons (Fsp3) is 0.786. The summed E-state index contributed by atoms with van der Waals surface area (Å²) in [4.78, 5) is 3.98. The molecular weight excluding hydrogens is 231 g/mol. The predicted octanol–water partition coefficient (Wildman–Crippen LogP) is 3.41. The Morgan fingerprint density at radius 3 is 2.56 bits per heavy atom. The average molecular weight is 256 g/mol. The molecule has 104 valence electrons. The first-order chi connectivity index (χ1) is 8.34. The quantitative estimate of drug-likeness (QED) is 0.585. The minimum atomic E-state index is -0.484. The van der Waals surface area contributed by atoms with E-state index in [1.807, 2.05) is 27.7 Å². The SMILES string of the molecule is CCC(OCC1CC1)/C(F)=C\N=C(N)C(C)(C)C. The number of aliphatic imine (C=N–C) groups is 1. The van der Waals surface area contributed by atoms with Crippen molar-refractivity contribution in [3.63, 3.8) is 0 Å². The third-order valence-corrected chi connectivity index (χ3v) is 3.00. The Labute approximate surface area is 109 Å². The molecule has 0 amide bonds. The van der Waals surface area contributed by atoms with Crippen molar-refractivity contribution in [3.05, 3.63) is 12.0 Å². The minimum absolute atomic E-state index is 0.243. The smallest absolute Gasteiger partial charge is 0.147 e. The van der Waals surface area contributed by atoms with Crippen molar-refractivity contribution in [1.29, 1.82) is 0 Å². The topological polar surface area (TPSA) is 47.6 Å². The molecule has 3 nitrogen and oxygen atoms in total. The van der Waals surface area contributed by atoms with Gasteiger partial charge in [0.15, 0.2) is 0 Å². The molecule has 0 aromatic rings. The molecule has 0 aliphatic heterocycles. The maximum atomic E-state index is 13.9. The second-order valence-electron chi connectivity index (χ2n) is 5.95. The van der Waals surface area contributed by atoms with E-state index in [0.717, 1.165) is 0 Å². The molecule has 1 saturated carbocycles. The molecule has 1 fully saturated rings. The summed E-state index contributed by atoms with van der Waals surface area (Å²) in [6.45, 7) is 8.38. The van der Waals surface area contributed by atoms with Gasteiger partial charge in [0, 0.05) is 5.41 Å². The molecule has 0 saturated heterocycles. The Balaban J connectivity index is 2.55. The van der Waals surface area contributed by atoms with Gasteiger partial charge in [-0.05, 0) is 25.2 Å². The van der Waals surface area contributed by atoms with Gasteiger partial charge >= 0.3 is 0 Å². The van der Waals surface area contributed by atoms with Crippen LogP contribution in [0.5, 0.6) is 0 Å². The Hall–Kier alpha value is -0.900. The second-order valence-corrected chi connectivity index (χ2v) is 5.95. The molecule has 2 N–H and O–H groups in total. The van der Waals surface area contributed by atoms with Crippen molar-refractivity contribution >= 4 is 5.84 Å². The molecule has 18 heavy (non-hydrogen) atoms. The van der Waals surface area contributed by atoms with Crippen molar-refractivity contribution in [1.82, 2.24) is 0 Å². The Bertz CT molecular complexity index is 327. The summed E-state index contributed by atoms with van der Waals surface area (Å²) in [5.41, 5.74) is 5.53. The predicted molar refractivity (Wildman–Crippen MR) is 73.0 cm³/mol. The number of rotatable bonds is 6. The van der Waals surface area contributed by atoms with E-state index in [9.17, 15) is 4.39 Å². The molecule has 0 aromatic heterocycles. The van der Waals surface area contributed by atoms with Crippen LogP contribution in [0, 0.1) is 11.3 Å². The first-order valence-electron chi connectivity index (χ1n) is 6.65. The maximum absolute atomic E-state index is 13.9. The largest absolute Gasteiger partial charge is 0.387 e. The van der Waals surface area contributed by atoms with E-state index in [2.05, 4.69) is 4.99 Å². The number of halogens is 1. The van der Waals surface area contributed by atoms with Gasteiger partial charge in [-0.2, -0.15) is 0 Å². The van der Waals surface area contributed by atoms with Crippen LogP contribution in [-0.2, 0) is 4.74 Å². The third kappa shape index (κ3) is 5.17. The van der Waals surface area contributed by atoms with Crippen molar-refractivity contribution in [3.8, 4) is 0 Å². The summed E-state index contributed by atoms with van der Waals surface area (Å²) in [7, 11) is 0. The molecule has 1 aliphatic rings. The third-order valence-electron chi connectivity index (χ3n) is 3.00. The number of ether oxygens (including phenoxy) is 1. The summed E-state index contributed by atoms with van der Waals surface area (Å²) in [5, 5.41) is 0. The highest BCUT2D eigenvalue weighted by Gasteiger charge is 2.24. The fourth-order valence-corrected chi connectivity index (χ4v) is 1.34. The number of nitrogens with two attached hydrogens (primary N) is 1. The van der Waals surface area contributed by atoms with Crippen LogP contribution in [0.2, 0.25) is 0 Å². The van der Waals surface area contributed by atoms with Crippen LogP contribution in [0.4, 0.5) is 4.39 Å². The number of nitrogens with zero attached hydrogens (tertiary/aromatic N) is 1. The van der Waals surface area contributed by atoms with Crippen LogP contribution in [0.3, 0.4) is 0 Å². The van der Waals surface area contributed by atoms with Crippen molar-refractivity contribution in [2.75, 3.05) is 6.61 Å². The second kappa shape index (κ2) is 6.32. The zero-order chi connectivity index (χ0) is 13.8. The molecule has 0 aromatic carbocycles. The molecule has 1 unspecified atom stereocenters. The lowest BCUT2D eigenvalue weighted by Crippen LogP contribution is -2.28. The summed E-state index contributed by atoms with van der Waals surface area (Å²) < 4.78 is 19.4. The Morgan fingerprint density at radius 1 is 1.50 bits per heavy atom. The van der Waals surface area contributed by atoms with E-state index in [4.69, 9.17) is 10.5 Å². The molecule has 0 heterocycles. The van der Waals surface area contributed by atoms with Gasteiger partial charge < -0.3 is 10.5 Å². The van der Waals surface area contributed by atoms with Gasteiger partial charge in [0.05, 0.1) is 12.8 Å². The number of amidine groups is 1. The zero-order valence-corrected chi connectivity index (χ0v) is 11.9. The molecule has 1 atom stereocenters. The lowest BCUT2D eigenvalue weighted by atomic mass is 9.95. The van der Waals surface area contributed by atoms with E-state index in [1.165, 1.54) is 19.0 Å². The van der Waals surface area contributed by atoms with Crippen molar-refractivity contribution < 1.29 is 9.13 Å². The number of hydrogen-bond acceptors (Lipinski definition) is 2. The van der Waals surface area contributed by atoms with Gasteiger partial charge in [0.25, 0.3) is 0 Å². The van der Waals surface area contributed by atoms with Gasteiger partial charge in [-0.3, -0.25) is 0 Å². The van der Waals surface area contributed by atoms with E-state index in [0.29, 0.717) is 24.8 Å². The van der Waals surface area contributed by atoms with Crippen LogP contribution in [-0.4, -0.2) is 18.5 Å². The first kappa shape index (κ1) is 15.2. The van der Waals surface area contributed by atoms with Gasteiger partial charge in [0.1, 0.15) is 17.8 Å². The lowest BCUT2D eigenvalue weighted by Gasteiger charge is -2.17. The summed E-state index contributed by atoms with van der Waals surface area (Å²) >= 11 is 0. The Morgan fingerprint density at radius 2 is 2.11 bits per heavy atom. The minimum Gasteiger partial charge on any atom is -0.387 e. The molecule has 0 radical (unpaired) electrons. The van der Waals surface area contributed by atoms with Crippen LogP contribution in [0.15, 0.2) is 17.0 Å². The monoisotopic (exact) mass is 256 g/mol. The fourth-order valence-electron chi connectivity index (χ4n) is 1.34. The highest BCUT2D eigenvalue weighted by atomic mass is 19.1. The van der Waals surface area contributed by atoms with Crippen LogP contribution in [0.25, 0.3) is 0 Å². The van der Waals surface area contributed by atoms with Gasteiger partial charge in [-0.1, -0.05) is 27.7 Å².